The van der Waals surface area contributed by atoms with Crippen molar-refractivity contribution < 1.29 is 19.5 Å². The third kappa shape index (κ3) is 3.84. The van der Waals surface area contributed by atoms with Gasteiger partial charge in [-0.15, -0.1) is 0 Å². The Bertz CT molecular complexity index is 744. The maximum Gasteiger partial charge on any atom is 0.377 e. The van der Waals surface area contributed by atoms with Gasteiger partial charge in [0.15, 0.2) is 5.78 Å². The molecule has 7 heteroatoms. The molecule has 2 rings (SSSR count). The number of benzene rings is 2. The Balaban J connectivity index is 0.00000242. The number of ketones is 2. The molecular weight excluding hydrogens is 361 g/mol. The summed E-state index contributed by atoms with van der Waals surface area (Å²) in [6.45, 7) is 0. The Morgan fingerprint density at radius 1 is 0.955 bits per heavy atom. The molecule has 0 aliphatic carbocycles. The van der Waals surface area contributed by atoms with E-state index in [0.29, 0.717) is 5.56 Å². The first-order chi connectivity index (χ1) is 9.91. The molecule has 0 aliphatic heterocycles. The molecule has 0 atom stereocenters. The molecule has 5 nitrogen and oxygen atoms in total. The van der Waals surface area contributed by atoms with Crippen molar-refractivity contribution in [3.63, 3.8) is 0 Å². The van der Waals surface area contributed by atoms with Crippen molar-refractivity contribution in [2.75, 3.05) is 5.73 Å². The third-order valence-corrected chi connectivity index (χ3v) is 3.42. The van der Waals surface area contributed by atoms with Crippen LogP contribution < -0.4 is 5.73 Å². The van der Waals surface area contributed by atoms with Gasteiger partial charge in [0.25, 0.3) is 5.78 Å². The summed E-state index contributed by atoms with van der Waals surface area (Å²) in [5.74, 6) is -3.13. The largest absolute Gasteiger partial charge is 0.475 e. The van der Waals surface area contributed by atoms with Crippen LogP contribution in [0.25, 0.3) is 0 Å². The summed E-state index contributed by atoms with van der Waals surface area (Å²) in [5, 5.41) is 8.74. The molecule has 0 bridgehead atoms. The van der Waals surface area contributed by atoms with Crippen molar-refractivity contribution in [1.29, 1.82) is 0 Å². The molecule has 0 aromatic heterocycles. The third-order valence-electron chi connectivity index (χ3n) is 2.90. The molecule has 0 saturated heterocycles. The van der Waals surface area contributed by atoms with E-state index in [1.807, 2.05) is 0 Å². The SMILES string of the molecule is Nc1c(C(=O)C(=O)O)cccc1C(=O)c1ccc(Br)cc1.[Na]. The quantitative estimate of drug-likeness (QED) is 0.372. The van der Waals surface area contributed by atoms with Crippen LogP contribution in [0.5, 0.6) is 0 Å². The normalized spacial score (nSPS) is 9.68. The van der Waals surface area contributed by atoms with Crippen LogP contribution in [-0.2, 0) is 4.79 Å². The molecule has 0 spiro atoms. The monoisotopic (exact) mass is 370 g/mol. The predicted molar refractivity (Wildman–Crippen MR) is 86.1 cm³/mol. The van der Waals surface area contributed by atoms with Gasteiger partial charge in [-0.1, -0.05) is 22.0 Å². The van der Waals surface area contributed by atoms with Gasteiger partial charge in [-0.05, 0) is 36.4 Å². The van der Waals surface area contributed by atoms with Gasteiger partial charge in [0.1, 0.15) is 0 Å². The van der Waals surface area contributed by atoms with Gasteiger partial charge in [-0.2, -0.15) is 0 Å². The van der Waals surface area contributed by atoms with Crippen LogP contribution in [-0.4, -0.2) is 52.2 Å². The van der Waals surface area contributed by atoms with Crippen LogP contribution in [0.2, 0.25) is 0 Å². The van der Waals surface area contributed by atoms with E-state index in [4.69, 9.17) is 10.8 Å². The van der Waals surface area contributed by atoms with E-state index in [1.54, 1.807) is 24.3 Å². The minimum absolute atomic E-state index is 0. The van der Waals surface area contributed by atoms with Gasteiger partial charge >= 0.3 is 5.97 Å². The van der Waals surface area contributed by atoms with Crippen LogP contribution in [0, 0.1) is 0 Å². The summed E-state index contributed by atoms with van der Waals surface area (Å²) in [4.78, 5) is 34.6. The second-order valence-corrected chi connectivity index (χ2v) is 5.15. The number of carbonyl (C=O) groups excluding carboxylic acids is 2. The van der Waals surface area contributed by atoms with Crippen LogP contribution in [0.1, 0.15) is 26.3 Å². The number of carboxylic acid groups (broad SMARTS) is 1. The molecule has 3 N–H and O–H groups in total. The van der Waals surface area contributed by atoms with Crippen LogP contribution in [0.3, 0.4) is 0 Å². The minimum Gasteiger partial charge on any atom is -0.475 e. The van der Waals surface area contributed by atoms with Gasteiger partial charge in [0.05, 0.1) is 11.3 Å². The van der Waals surface area contributed by atoms with Crippen LogP contribution in [0.4, 0.5) is 5.69 Å². The number of carboxylic acids is 1. The fraction of sp³-hybridized carbons (Fsp3) is 0. The summed E-state index contributed by atoms with van der Waals surface area (Å²) in [7, 11) is 0. The van der Waals surface area contributed by atoms with Gasteiger partial charge in [0, 0.05) is 45.2 Å². The second-order valence-electron chi connectivity index (χ2n) is 4.24. The van der Waals surface area contributed by atoms with E-state index in [9.17, 15) is 14.4 Å². The molecule has 1 radical (unpaired) electrons. The van der Waals surface area contributed by atoms with Gasteiger partial charge in [-0.25, -0.2) is 4.79 Å². The zero-order chi connectivity index (χ0) is 15.6. The van der Waals surface area contributed by atoms with Crippen molar-refractivity contribution in [1.82, 2.24) is 0 Å². The molecule has 0 saturated carbocycles. The zero-order valence-electron chi connectivity index (χ0n) is 11.7. The van der Waals surface area contributed by atoms with Crippen molar-refractivity contribution >= 4 is 68.7 Å². The molecule has 0 unspecified atom stereocenters. The fourth-order valence-corrected chi connectivity index (χ4v) is 2.10. The number of nitrogens with two attached hydrogens (primary N) is 1. The number of halogens is 1. The molecule has 0 amide bonds. The number of anilines is 1. The first-order valence-electron chi connectivity index (χ1n) is 5.88. The van der Waals surface area contributed by atoms with Crippen molar-refractivity contribution in [2.24, 2.45) is 0 Å². The topological polar surface area (TPSA) is 97.5 Å². The Kier molecular flexibility index (Phi) is 6.49. The van der Waals surface area contributed by atoms with Crippen LogP contribution in [0.15, 0.2) is 46.9 Å². The van der Waals surface area contributed by atoms with E-state index >= 15 is 0 Å². The summed E-state index contributed by atoms with van der Waals surface area (Å²) < 4.78 is 0.821. The van der Waals surface area contributed by atoms with E-state index in [1.165, 1.54) is 18.2 Å². The average molecular weight is 371 g/mol. The summed E-state index contributed by atoms with van der Waals surface area (Å²) in [6, 6.07) is 10.8. The average Bonchev–Trinajstić information content (AvgIpc) is 2.47. The van der Waals surface area contributed by atoms with Gasteiger partial charge in [0.2, 0.25) is 0 Å². The van der Waals surface area contributed by atoms with E-state index < -0.39 is 11.8 Å². The Labute approximate surface area is 156 Å². The number of hydrogen-bond acceptors (Lipinski definition) is 4. The van der Waals surface area contributed by atoms with E-state index in [-0.39, 0.29) is 52.2 Å². The Morgan fingerprint density at radius 3 is 2.05 bits per heavy atom. The molecule has 2 aromatic rings. The number of carbonyl (C=O) groups is 3. The zero-order valence-corrected chi connectivity index (χ0v) is 15.3. The van der Waals surface area contributed by atoms with E-state index in [0.717, 1.165) is 4.47 Å². The number of hydrogen-bond donors (Lipinski definition) is 2. The molecule has 107 valence electrons. The summed E-state index contributed by atoms with van der Waals surface area (Å²) >= 11 is 3.27. The smallest absolute Gasteiger partial charge is 0.377 e. The number of rotatable bonds is 4. The Hall–Kier alpha value is -1.47. The van der Waals surface area contributed by atoms with Crippen LogP contribution >= 0.6 is 15.9 Å². The predicted octanol–water partition coefficient (Wildman–Crippen LogP) is 2.15. The minimum atomic E-state index is -1.62. The number of aliphatic carboxylic acids is 1. The second kappa shape index (κ2) is 7.69. The first kappa shape index (κ1) is 18.6. The van der Waals surface area contributed by atoms with Crippen molar-refractivity contribution in [3.05, 3.63) is 63.6 Å². The van der Waals surface area contributed by atoms with Crippen molar-refractivity contribution in [2.45, 2.75) is 0 Å². The Morgan fingerprint density at radius 2 is 1.50 bits per heavy atom. The number of Topliss-reactive ketones (excluding diaryl/α,β-unsaturated/α-hetero) is 1. The fourth-order valence-electron chi connectivity index (χ4n) is 1.83. The van der Waals surface area contributed by atoms with Gasteiger partial charge in [-0.3, -0.25) is 9.59 Å². The van der Waals surface area contributed by atoms with Crippen molar-refractivity contribution in [3.8, 4) is 0 Å². The molecule has 22 heavy (non-hydrogen) atoms. The molecular formula is C15H10BrNNaO4. The number of para-hydroxylation sites is 1. The first-order valence-corrected chi connectivity index (χ1v) is 6.67. The van der Waals surface area contributed by atoms with E-state index in [2.05, 4.69) is 15.9 Å². The maximum absolute atomic E-state index is 12.4. The summed E-state index contributed by atoms with van der Waals surface area (Å²) in [5.41, 5.74) is 5.95. The molecule has 0 aliphatic rings. The van der Waals surface area contributed by atoms with Gasteiger partial charge < -0.3 is 10.8 Å². The molecule has 0 heterocycles. The molecule has 2 aromatic carbocycles. The summed E-state index contributed by atoms with van der Waals surface area (Å²) in [6.07, 6.45) is 0. The number of nitrogen functional groups attached to an aromatic ring is 1. The molecule has 0 fully saturated rings. The standard InChI is InChI=1S/C15H10BrNO4.Na/c16-9-6-4-8(5-7-9)13(18)10-2-1-3-11(12(10)17)14(19)15(20)21;/h1-7H,17H2,(H,20,21);. The maximum atomic E-state index is 12.4.